The van der Waals surface area contributed by atoms with Gasteiger partial charge >= 0.3 is 0 Å². The van der Waals surface area contributed by atoms with E-state index in [4.69, 9.17) is 16.0 Å². The SMILES string of the molecule is CN=C(NCCc1nc(-c2ccco2)n[nH]1)N1CCN(c2cccc(Cl)c2)CC1.I. The van der Waals surface area contributed by atoms with Crippen molar-refractivity contribution in [1.82, 2.24) is 25.4 Å². The molecule has 0 spiro atoms. The van der Waals surface area contributed by atoms with Crippen LogP contribution in [0.5, 0.6) is 0 Å². The molecule has 0 aliphatic carbocycles. The second kappa shape index (κ2) is 10.7. The molecular formula is C20H25ClIN7O. The van der Waals surface area contributed by atoms with Crippen molar-refractivity contribution < 1.29 is 4.42 Å². The summed E-state index contributed by atoms with van der Waals surface area (Å²) in [6.45, 7) is 4.37. The summed E-state index contributed by atoms with van der Waals surface area (Å²) in [6.07, 6.45) is 2.33. The Morgan fingerprint density at radius 1 is 1.23 bits per heavy atom. The number of benzene rings is 1. The summed E-state index contributed by atoms with van der Waals surface area (Å²) in [4.78, 5) is 13.5. The average molecular weight is 542 g/mol. The molecule has 0 saturated carbocycles. The van der Waals surface area contributed by atoms with Crippen LogP contribution in [0.1, 0.15) is 5.82 Å². The fourth-order valence-electron chi connectivity index (χ4n) is 3.40. The second-order valence-corrected chi connectivity index (χ2v) is 7.20. The number of guanidine groups is 1. The second-order valence-electron chi connectivity index (χ2n) is 6.76. The van der Waals surface area contributed by atoms with E-state index in [1.54, 1.807) is 6.26 Å². The molecule has 2 N–H and O–H groups in total. The van der Waals surface area contributed by atoms with Crippen LogP contribution in [0.15, 0.2) is 52.1 Å². The fourth-order valence-corrected chi connectivity index (χ4v) is 3.58. The molecule has 0 bridgehead atoms. The Kier molecular flexibility index (Phi) is 7.97. The minimum Gasteiger partial charge on any atom is -0.461 e. The number of rotatable bonds is 5. The van der Waals surface area contributed by atoms with E-state index >= 15 is 0 Å². The summed E-state index contributed by atoms with van der Waals surface area (Å²) in [5.74, 6) is 2.95. The smallest absolute Gasteiger partial charge is 0.216 e. The monoisotopic (exact) mass is 541 g/mol. The molecule has 0 unspecified atom stereocenters. The fraction of sp³-hybridized carbons (Fsp3) is 0.350. The Morgan fingerprint density at radius 2 is 2.07 bits per heavy atom. The molecule has 1 fully saturated rings. The summed E-state index contributed by atoms with van der Waals surface area (Å²) < 4.78 is 5.32. The molecule has 0 radical (unpaired) electrons. The van der Waals surface area contributed by atoms with Crippen LogP contribution in [0.25, 0.3) is 11.6 Å². The van der Waals surface area contributed by atoms with E-state index in [1.165, 1.54) is 0 Å². The minimum atomic E-state index is 0. The first-order chi connectivity index (χ1) is 14.2. The Morgan fingerprint density at radius 3 is 2.77 bits per heavy atom. The van der Waals surface area contributed by atoms with Gasteiger partial charge in [0, 0.05) is 56.9 Å². The topological polar surface area (TPSA) is 85.6 Å². The lowest BCUT2D eigenvalue weighted by Crippen LogP contribution is -2.52. The largest absolute Gasteiger partial charge is 0.461 e. The van der Waals surface area contributed by atoms with Crippen LogP contribution in [-0.2, 0) is 6.42 Å². The van der Waals surface area contributed by atoms with Crippen molar-refractivity contribution in [2.75, 3.05) is 44.7 Å². The van der Waals surface area contributed by atoms with Gasteiger partial charge in [-0.1, -0.05) is 17.7 Å². The van der Waals surface area contributed by atoms with Crippen molar-refractivity contribution in [1.29, 1.82) is 0 Å². The molecule has 1 saturated heterocycles. The normalized spacial score (nSPS) is 14.5. The number of piperazine rings is 1. The van der Waals surface area contributed by atoms with Crippen molar-refractivity contribution >= 4 is 47.2 Å². The number of aromatic nitrogens is 3. The predicted octanol–water partition coefficient (Wildman–Crippen LogP) is 3.28. The number of hydrogen-bond acceptors (Lipinski definition) is 5. The van der Waals surface area contributed by atoms with Gasteiger partial charge in [0.1, 0.15) is 5.82 Å². The van der Waals surface area contributed by atoms with Gasteiger partial charge in [-0.05, 0) is 30.3 Å². The maximum absolute atomic E-state index is 6.12. The number of furan rings is 1. The van der Waals surface area contributed by atoms with Crippen LogP contribution in [0.2, 0.25) is 5.02 Å². The number of aliphatic imine (C=N–C) groups is 1. The van der Waals surface area contributed by atoms with Gasteiger partial charge in [-0.25, -0.2) is 4.98 Å². The number of aromatic amines is 1. The van der Waals surface area contributed by atoms with Crippen LogP contribution in [-0.4, -0.2) is 65.8 Å². The van der Waals surface area contributed by atoms with Gasteiger partial charge in [0.15, 0.2) is 11.7 Å². The third kappa shape index (κ3) is 5.45. The molecule has 2 aromatic heterocycles. The third-order valence-electron chi connectivity index (χ3n) is 4.88. The van der Waals surface area contributed by atoms with E-state index < -0.39 is 0 Å². The highest BCUT2D eigenvalue weighted by atomic mass is 127. The van der Waals surface area contributed by atoms with Gasteiger partial charge in [0.2, 0.25) is 5.82 Å². The summed E-state index contributed by atoms with van der Waals surface area (Å²) in [5.41, 5.74) is 1.16. The lowest BCUT2D eigenvalue weighted by Gasteiger charge is -2.37. The van der Waals surface area contributed by atoms with Gasteiger partial charge in [-0.3, -0.25) is 10.1 Å². The average Bonchev–Trinajstić information content (AvgIpc) is 3.43. The molecule has 3 aromatic rings. The highest BCUT2D eigenvalue weighted by Gasteiger charge is 2.20. The summed E-state index contributed by atoms with van der Waals surface area (Å²) in [7, 11) is 1.81. The van der Waals surface area contributed by atoms with E-state index in [2.05, 4.69) is 41.4 Å². The number of hydrogen-bond donors (Lipinski definition) is 2. The first-order valence-corrected chi connectivity index (χ1v) is 10.0. The van der Waals surface area contributed by atoms with Gasteiger partial charge in [0.25, 0.3) is 0 Å². The maximum atomic E-state index is 6.12. The van der Waals surface area contributed by atoms with Gasteiger partial charge in [0.05, 0.1) is 6.26 Å². The lowest BCUT2D eigenvalue weighted by molar-refractivity contribution is 0.373. The zero-order chi connectivity index (χ0) is 20.1. The van der Waals surface area contributed by atoms with Crippen LogP contribution >= 0.6 is 35.6 Å². The molecule has 30 heavy (non-hydrogen) atoms. The zero-order valence-corrected chi connectivity index (χ0v) is 19.8. The van der Waals surface area contributed by atoms with Gasteiger partial charge < -0.3 is 19.5 Å². The highest BCUT2D eigenvalue weighted by Crippen LogP contribution is 2.20. The number of H-pyrrole nitrogens is 1. The number of nitrogens with one attached hydrogen (secondary N) is 2. The third-order valence-corrected chi connectivity index (χ3v) is 5.12. The lowest BCUT2D eigenvalue weighted by atomic mass is 10.2. The van der Waals surface area contributed by atoms with Crippen LogP contribution in [0, 0.1) is 0 Å². The summed E-state index contributed by atoms with van der Waals surface area (Å²) in [6, 6.07) is 11.7. The van der Waals surface area contributed by atoms with Gasteiger partial charge in [-0.2, -0.15) is 5.10 Å². The molecule has 4 rings (SSSR count). The Balaban J connectivity index is 0.00000256. The predicted molar refractivity (Wildman–Crippen MR) is 130 cm³/mol. The number of halogens is 2. The number of nitrogens with zero attached hydrogens (tertiary/aromatic N) is 5. The van der Waals surface area contributed by atoms with E-state index in [9.17, 15) is 0 Å². The quantitative estimate of drug-likeness (QED) is 0.293. The molecule has 1 aliphatic rings. The van der Waals surface area contributed by atoms with Crippen LogP contribution < -0.4 is 10.2 Å². The molecule has 8 nitrogen and oxygen atoms in total. The van der Waals surface area contributed by atoms with E-state index in [0.717, 1.165) is 55.1 Å². The Bertz CT molecular complexity index is 952. The maximum Gasteiger partial charge on any atom is 0.216 e. The van der Waals surface area contributed by atoms with Crippen molar-refractivity contribution in [2.45, 2.75) is 6.42 Å². The van der Waals surface area contributed by atoms with Crippen molar-refractivity contribution in [3.8, 4) is 11.6 Å². The molecule has 1 aromatic carbocycles. The van der Waals surface area contributed by atoms with E-state index in [0.29, 0.717) is 18.1 Å². The molecular weight excluding hydrogens is 517 g/mol. The van der Waals surface area contributed by atoms with E-state index in [1.807, 2.05) is 37.4 Å². The van der Waals surface area contributed by atoms with Gasteiger partial charge in [-0.15, -0.1) is 24.0 Å². The first-order valence-electron chi connectivity index (χ1n) is 9.64. The molecule has 0 amide bonds. The van der Waals surface area contributed by atoms with Crippen molar-refractivity contribution in [3.63, 3.8) is 0 Å². The molecule has 1 aliphatic heterocycles. The van der Waals surface area contributed by atoms with Crippen molar-refractivity contribution in [3.05, 3.63) is 53.5 Å². The van der Waals surface area contributed by atoms with Crippen molar-refractivity contribution in [2.24, 2.45) is 4.99 Å². The van der Waals surface area contributed by atoms with E-state index in [-0.39, 0.29) is 24.0 Å². The van der Waals surface area contributed by atoms with Crippen LogP contribution in [0.4, 0.5) is 5.69 Å². The molecule has 0 atom stereocenters. The first kappa shape index (κ1) is 22.4. The minimum absolute atomic E-state index is 0. The highest BCUT2D eigenvalue weighted by molar-refractivity contribution is 14.0. The molecule has 160 valence electrons. The standard InChI is InChI=1S/C20H24ClN7O.HI/c1-22-20(23-8-7-18-24-19(26-25-18)17-6-3-13-29-17)28-11-9-27(10-12-28)16-5-2-4-15(21)14-16;/h2-6,13-14H,7-12H2,1H3,(H,22,23)(H,24,25,26);1H. The summed E-state index contributed by atoms with van der Waals surface area (Å²) in [5, 5.41) is 11.3. The van der Waals surface area contributed by atoms with Crippen LogP contribution in [0.3, 0.4) is 0 Å². The Hall–Kier alpha value is -2.27. The molecule has 10 heteroatoms. The molecule has 3 heterocycles. The summed E-state index contributed by atoms with van der Waals surface area (Å²) >= 11 is 6.12. The Labute approximate surface area is 197 Å². The number of anilines is 1. The zero-order valence-electron chi connectivity index (χ0n) is 16.7.